The maximum absolute atomic E-state index is 12.7. The molecular weight excluding hydrogens is 316 g/mol. The Bertz CT molecular complexity index is 700. The van der Waals surface area contributed by atoms with Crippen molar-refractivity contribution in [2.24, 2.45) is 5.92 Å². The quantitative estimate of drug-likeness (QED) is 0.906. The summed E-state index contributed by atoms with van der Waals surface area (Å²) in [6.45, 7) is 5.22. The third-order valence-electron chi connectivity index (χ3n) is 4.77. The molecule has 0 radical (unpaired) electrons. The lowest BCUT2D eigenvalue weighted by molar-refractivity contribution is 0.0726. The monoisotopic (exact) mass is 340 g/mol. The maximum atomic E-state index is 12.7. The molecule has 1 aliphatic heterocycles. The van der Waals surface area contributed by atoms with E-state index in [4.69, 9.17) is 0 Å². The molecule has 3 heterocycles. The zero-order valence-electron chi connectivity index (χ0n) is 14.5. The van der Waals surface area contributed by atoms with E-state index in [1.54, 1.807) is 6.07 Å². The van der Waals surface area contributed by atoms with Gasteiger partial charge in [0.1, 0.15) is 11.6 Å². The summed E-state index contributed by atoms with van der Waals surface area (Å²) >= 11 is 0. The van der Waals surface area contributed by atoms with Crippen molar-refractivity contribution in [3.63, 3.8) is 0 Å². The first-order valence-electron chi connectivity index (χ1n) is 8.77. The van der Waals surface area contributed by atoms with Crippen molar-refractivity contribution in [1.82, 2.24) is 14.9 Å². The largest absolute Gasteiger partial charge is 0.505 e. The standard InChI is InChI=1S/C19H24N4O2/c1-2-22(19(25)16-6-10-20-13-17(16)24)14-15-7-11-23(12-8-15)18-5-3-4-9-21-18/h3-6,9-10,13,15,24H,2,7-8,11-12,14H2,1H3. The summed E-state index contributed by atoms with van der Waals surface area (Å²) in [5, 5.41) is 9.87. The predicted molar refractivity (Wildman–Crippen MR) is 96.7 cm³/mol. The molecule has 6 nitrogen and oxygen atoms in total. The van der Waals surface area contributed by atoms with Crippen molar-refractivity contribution in [3.05, 3.63) is 48.4 Å². The zero-order valence-corrected chi connectivity index (χ0v) is 14.5. The Kier molecular flexibility index (Phi) is 5.48. The lowest BCUT2D eigenvalue weighted by Crippen LogP contribution is -2.41. The van der Waals surface area contributed by atoms with Crippen molar-refractivity contribution in [1.29, 1.82) is 0 Å². The number of pyridine rings is 2. The zero-order chi connectivity index (χ0) is 17.6. The van der Waals surface area contributed by atoms with Crippen LogP contribution in [0, 0.1) is 5.92 Å². The minimum absolute atomic E-state index is 0.0593. The van der Waals surface area contributed by atoms with E-state index >= 15 is 0 Å². The van der Waals surface area contributed by atoms with Crippen LogP contribution in [0.3, 0.4) is 0 Å². The van der Waals surface area contributed by atoms with Crippen molar-refractivity contribution in [3.8, 4) is 5.75 Å². The summed E-state index contributed by atoms with van der Waals surface area (Å²) in [7, 11) is 0. The van der Waals surface area contributed by atoms with E-state index in [1.165, 1.54) is 12.4 Å². The molecule has 0 atom stereocenters. The first-order chi connectivity index (χ1) is 12.2. The molecule has 0 aromatic carbocycles. The van der Waals surface area contributed by atoms with Gasteiger partial charge in [0.25, 0.3) is 5.91 Å². The van der Waals surface area contributed by atoms with E-state index in [9.17, 15) is 9.90 Å². The number of carbonyl (C=O) groups excluding carboxylic acids is 1. The number of hydrogen-bond acceptors (Lipinski definition) is 5. The Morgan fingerprint density at radius 1 is 1.28 bits per heavy atom. The molecule has 1 saturated heterocycles. The smallest absolute Gasteiger partial charge is 0.257 e. The third kappa shape index (κ3) is 4.07. The van der Waals surface area contributed by atoms with E-state index in [0.717, 1.165) is 31.7 Å². The van der Waals surface area contributed by atoms with Crippen molar-refractivity contribution in [2.75, 3.05) is 31.1 Å². The molecule has 25 heavy (non-hydrogen) atoms. The highest BCUT2D eigenvalue weighted by Crippen LogP contribution is 2.24. The summed E-state index contributed by atoms with van der Waals surface area (Å²) in [5.41, 5.74) is 0.322. The van der Waals surface area contributed by atoms with Gasteiger partial charge in [-0.15, -0.1) is 0 Å². The average molecular weight is 340 g/mol. The third-order valence-corrected chi connectivity index (χ3v) is 4.77. The number of aromatic hydroxyl groups is 1. The van der Waals surface area contributed by atoms with Gasteiger partial charge in [0, 0.05) is 38.6 Å². The fraction of sp³-hybridized carbons (Fsp3) is 0.421. The topological polar surface area (TPSA) is 69.6 Å². The van der Waals surface area contributed by atoms with Gasteiger partial charge in [0.15, 0.2) is 0 Å². The molecule has 0 unspecified atom stereocenters. The van der Waals surface area contributed by atoms with E-state index in [2.05, 4.69) is 14.9 Å². The van der Waals surface area contributed by atoms with Crippen LogP contribution < -0.4 is 4.90 Å². The predicted octanol–water partition coefficient (Wildman–Crippen LogP) is 2.56. The maximum Gasteiger partial charge on any atom is 0.257 e. The molecule has 0 saturated carbocycles. The van der Waals surface area contributed by atoms with E-state index in [0.29, 0.717) is 24.6 Å². The Morgan fingerprint density at radius 3 is 2.72 bits per heavy atom. The number of carbonyl (C=O) groups is 1. The van der Waals surface area contributed by atoms with Crippen LogP contribution in [0.4, 0.5) is 5.82 Å². The van der Waals surface area contributed by atoms with Crippen LogP contribution in [0.1, 0.15) is 30.1 Å². The van der Waals surface area contributed by atoms with Gasteiger partial charge in [-0.3, -0.25) is 9.78 Å². The number of amides is 1. The molecule has 1 amide bonds. The van der Waals surface area contributed by atoms with Crippen LogP contribution in [0.15, 0.2) is 42.9 Å². The van der Waals surface area contributed by atoms with Gasteiger partial charge in [-0.05, 0) is 43.9 Å². The second-order valence-electron chi connectivity index (χ2n) is 6.35. The molecule has 0 bridgehead atoms. The molecule has 0 aliphatic carbocycles. The second-order valence-corrected chi connectivity index (χ2v) is 6.35. The summed E-state index contributed by atoms with van der Waals surface area (Å²) in [5.74, 6) is 1.30. The minimum Gasteiger partial charge on any atom is -0.505 e. The Labute approximate surface area is 148 Å². The van der Waals surface area contributed by atoms with Crippen LogP contribution in [-0.2, 0) is 0 Å². The first kappa shape index (κ1) is 17.2. The van der Waals surface area contributed by atoms with Gasteiger partial charge in [0.05, 0.1) is 11.8 Å². The normalized spacial score (nSPS) is 15.2. The molecule has 132 valence electrons. The van der Waals surface area contributed by atoms with Crippen molar-refractivity contribution in [2.45, 2.75) is 19.8 Å². The van der Waals surface area contributed by atoms with E-state index < -0.39 is 0 Å². The molecule has 1 N–H and O–H groups in total. The molecule has 3 rings (SSSR count). The fourth-order valence-electron chi connectivity index (χ4n) is 3.29. The minimum atomic E-state index is -0.130. The highest BCUT2D eigenvalue weighted by Gasteiger charge is 2.25. The van der Waals surface area contributed by atoms with Crippen molar-refractivity contribution < 1.29 is 9.90 Å². The van der Waals surface area contributed by atoms with Gasteiger partial charge in [-0.1, -0.05) is 6.07 Å². The second kappa shape index (κ2) is 7.96. The molecule has 2 aromatic heterocycles. The highest BCUT2D eigenvalue weighted by atomic mass is 16.3. The Balaban J connectivity index is 1.58. The SMILES string of the molecule is CCN(CC1CCN(c2ccccn2)CC1)C(=O)c1ccncc1O. The number of rotatable bonds is 5. The fourth-order valence-corrected chi connectivity index (χ4v) is 3.29. The average Bonchev–Trinajstić information content (AvgIpc) is 2.67. The Hall–Kier alpha value is -2.63. The highest BCUT2D eigenvalue weighted by molar-refractivity contribution is 5.96. The number of nitrogens with zero attached hydrogens (tertiary/aromatic N) is 4. The van der Waals surface area contributed by atoms with E-state index in [-0.39, 0.29) is 11.7 Å². The van der Waals surface area contributed by atoms with Crippen molar-refractivity contribution >= 4 is 11.7 Å². The number of piperidine rings is 1. The lowest BCUT2D eigenvalue weighted by atomic mass is 9.96. The van der Waals surface area contributed by atoms with Gasteiger partial charge in [-0.2, -0.15) is 0 Å². The van der Waals surface area contributed by atoms with Crippen LogP contribution in [0.25, 0.3) is 0 Å². The summed E-state index contributed by atoms with van der Waals surface area (Å²) in [6.07, 6.45) is 6.73. The van der Waals surface area contributed by atoms with Gasteiger partial charge in [0.2, 0.25) is 0 Å². The lowest BCUT2D eigenvalue weighted by Gasteiger charge is -2.35. The summed E-state index contributed by atoms with van der Waals surface area (Å²) in [4.78, 5) is 25.0. The number of hydrogen-bond donors (Lipinski definition) is 1. The summed E-state index contributed by atoms with van der Waals surface area (Å²) < 4.78 is 0. The van der Waals surface area contributed by atoms with Gasteiger partial charge >= 0.3 is 0 Å². The number of anilines is 1. The molecule has 1 aliphatic rings. The first-order valence-corrected chi connectivity index (χ1v) is 8.77. The molecular formula is C19H24N4O2. The van der Waals surface area contributed by atoms with Crippen LogP contribution in [0.5, 0.6) is 5.75 Å². The molecule has 1 fully saturated rings. The molecule has 2 aromatic rings. The van der Waals surface area contributed by atoms with Gasteiger partial charge in [-0.25, -0.2) is 4.98 Å². The van der Waals surface area contributed by atoms with Gasteiger partial charge < -0.3 is 14.9 Å². The Morgan fingerprint density at radius 2 is 2.08 bits per heavy atom. The summed E-state index contributed by atoms with van der Waals surface area (Å²) in [6, 6.07) is 7.54. The van der Waals surface area contributed by atoms with Crippen LogP contribution in [0.2, 0.25) is 0 Å². The molecule has 0 spiro atoms. The molecule has 6 heteroatoms. The van der Waals surface area contributed by atoms with Crippen LogP contribution in [-0.4, -0.2) is 52.1 Å². The van der Waals surface area contributed by atoms with Crippen LogP contribution >= 0.6 is 0 Å². The number of aromatic nitrogens is 2. The van der Waals surface area contributed by atoms with E-state index in [1.807, 2.05) is 36.2 Å².